The number of hydrogen-bond donors (Lipinski definition) is 7. The Kier molecular flexibility index (Phi) is 14.6. The maximum absolute atomic E-state index is 13.2. The van der Waals surface area contributed by atoms with Gasteiger partial charge in [-0.25, -0.2) is 19.7 Å². The fourth-order valence-electron chi connectivity index (χ4n) is 7.77. The molecule has 7 aromatic rings. The van der Waals surface area contributed by atoms with Crippen LogP contribution in [0.3, 0.4) is 0 Å². The van der Waals surface area contributed by atoms with Crippen LogP contribution in [0.4, 0.5) is 16.6 Å². The normalized spacial score (nSPS) is 12.0. The number of anilines is 2. The average Bonchev–Trinajstić information content (AvgIpc) is 4.04. The van der Waals surface area contributed by atoms with E-state index in [1.807, 2.05) is 24.5 Å². The van der Waals surface area contributed by atoms with E-state index in [-0.39, 0.29) is 70.8 Å². The number of carbonyl (C=O) groups excluding carboxylic acids is 4. The molecule has 4 amide bonds. The molecule has 0 fully saturated rings. The van der Waals surface area contributed by atoms with Gasteiger partial charge < -0.3 is 51.4 Å². The molecule has 0 radical (unpaired) electrons. The molecule has 1 aliphatic heterocycles. The second-order valence-corrected chi connectivity index (χ2v) is 16.4. The number of phenols is 2. The largest absolute Gasteiger partial charge is 0.508 e. The highest BCUT2D eigenvalue weighted by atomic mass is 16.6. The fraction of sp³-hybridized carbons (Fsp3) is 0.265. The summed E-state index contributed by atoms with van der Waals surface area (Å²) < 4.78 is 20.5. The Morgan fingerprint density at radius 3 is 2.37 bits per heavy atom. The smallest absolute Gasteiger partial charge is 0.412 e. The monoisotopic (exact) mass is 965 g/mol. The van der Waals surface area contributed by atoms with Crippen molar-refractivity contribution >= 4 is 46.5 Å². The lowest BCUT2D eigenvalue weighted by Gasteiger charge is -2.15. The van der Waals surface area contributed by atoms with Crippen molar-refractivity contribution in [3.05, 3.63) is 119 Å². The van der Waals surface area contributed by atoms with Gasteiger partial charge in [-0.3, -0.25) is 23.5 Å². The van der Waals surface area contributed by atoms with Crippen LogP contribution in [0.5, 0.6) is 28.7 Å². The van der Waals surface area contributed by atoms with Crippen LogP contribution in [0.15, 0.2) is 90.2 Å². The lowest BCUT2D eigenvalue weighted by molar-refractivity contribution is 0.0938. The quantitative estimate of drug-likeness (QED) is 0.0612. The first-order valence-corrected chi connectivity index (χ1v) is 22.7. The van der Waals surface area contributed by atoms with E-state index in [1.54, 1.807) is 67.6 Å². The summed E-state index contributed by atoms with van der Waals surface area (Å²) in [7, 11) is 1.50. The average molecular weight is 966 g/mol. The molecular weight excluding hydrogens is 915 g/mol. The summed E-state index contributed by atoms with van der Waals surface area (Å²) in [5.74, 6) is 0.268. The van der Waals surface area contributed by atoms with Crippen molar-refractivity contribution in [1.29, 1.82) is 0 Å². The van der Waals surface area contributed by atoms with Crippen molar-refractivity contribution in [2.24, 2.45) is 4.99 Å². The van der Waals surface area contributed by atoms with Gasteiger partial charge in [-0.1, -0.05) is 26.0 Å². The van der Waals surface area contributed by atoms with Crippen molar-refractivity contribution in [1.82, 2.24) is 50.2 Å². The van der Waals surface area contributed by atoms with Crippen molar-refractivity contribution in [2.75, 3.05) is 50.9 Å². The Labute approximate surface area is 406 Å². The summed E-state index contributed by atoms with van der Waals surface area (Å²) in [4.78, 5) is 68.5. The number of carbonyl (C=O) groups is 4. The van der Waals surface area contributed by atoms with Crippen LogP contribution in [0.2, 0.25) is 0 Å². The number of aromatic nitrogens is 7. The zero-order valence-corrected chi connectivity index (χ0v) is 39.2. The number of hydrogen-bond acceptors (Lipinski definition) is 16. The molecule has 0 saturated heterocycles. The SMILES string of the molecule is CCNC(=O)c1nnc(-c2cc(C(C)C)c(O)cc2O)n1-c1ccc(C(=O)NCCc2ccc(OC(=O)NCCCOc3ccc4c5n(c(=NC(=O)c6cnc(N)nc6)nc4c3OC)CCN5)cc2)cc1. The van der Waals surface area contributed by atoms with E-state index >= 15 is 0 Å². The van der Waals surface area contributed by atoms with Crippen molar-refractivity contribution in [3.63, 3.8) is 0 Å². The first kappa shape index (κ1) is 48.4. The topological polar surface area (TPSA) is 297 Å². The minimum atomic E-state index is -0.640. The minimum Gasteiger partial charge on any atom is -0.508 e. The maximum atomic E-state index is 13.2. The van der Waals surface area contributed by atoms with Gasteiger partial charge >= 0.3 is 6.09 Å². The molecule has 8 N–H and O–H groups in total. The van der Waals surface area contributed by atoms with Gasteiger partial charge in [-0.15, -0.1) is 10.2 Å². The van der Waals surface area contributed by atoms with Crippen molar-refractivity contribution in [3.8, 4) is 45.8 Å². The molecular formula is C49H51N13O9. The zero-order chi connectivity index (χ0) is 50.2. The maximum Gasteiger partial charge on any atom is 0.412 e. The Bertz CT molecular complexity index is 3190. The summed E-state index contributed by atoms with van der Waals surface area (Å²) in [6.45, 7) is 7.88. The van der Waals surface area contributed by atoms with Gasteiger partial charge in [-0.2, -0.15) is 4.99 Å². The van der Waals surface area contributed by atoms with Crippen molar-refractivity contribution in [2.45, 2.75) is 46.1 Å². The molecule has 0 aliphatic carbocycles. The predicted octanol–water partition coefficient (Wildman–Crippen LogP) is 4.65. The highest BCUT2D eigenvalue weighted by Crippen LogP contribution is 2.39. The molecule has 0 spiro atoms. The van der Waals surface area contributed by atoms with E-state index < -0.39 is 17.9 Å². The van der Waals surface area contributed by atoms with Crippen LogP contribution in [-0.2, 0) is 13.0 Å². The number of phenolic OH excluding ortho intramolecular Hbond substituents is 2. The molecule has 4 heterocycles. The second kappa shape index (κ2) is 21.5. The van der Waals surface area contributed by atoms with Crippen LogP contribution >= 0.6 is 0 Å². The molecule has 0 atom stereocenters. The first-order chi connectivity index (χ1) is 34.3. The Balaban J connectivity index is 0.813. The molecule has 22 heteroatoms. The summed E-state index contributed by atoms with van der Waals surface area (Å²) in [6, 6.07) is 19.9. The molecule has 0 saturated carbocycles. The van der Waals surface area contributed by atoms with Gasteiger partial charge in [0.1, 0.15) is 28.6 Å². The summed E-state index contributed by atoms with van der Waals surface area (Å²) in [5.41, 5.74) is 8.92. The van der Waals surface area contributed by atoms with E-state index in [0.717, 1.165) is 16.8 Å². The molecule has 3 aromatic heterocycles. The molecule has 4 aromatic carbocycles. The molecule has 22 nitrogen and oxygen atoms in total. The minimum absolute atomic E-state index is 0.0244. The highest BCUT2D eigenvalue weighted by Gasteiger charge is 2.25. The third-order valence-corrected chi connectivity index (χ3v) is 11.3. The molecule has 8 rings (SSSR count). The van der Waals surface area contributed by atoms with E-state index in [9.17, 15) is 29.4 Å². The number of nitrogens with one attached hydrogen (secondary N) is 4. The van der Waals surface area contributed by atoms with Gasteiger partial charge in [0, 0.05) is 67.8 Å². The standard InChI is InChI=1S/C49H51N13O9/c1-5-51-46(67)43-60-59-42(35-23-34(27(2)3)36(63)24-37(35)64)62(43)31-11-9-29(10-12-31)44(65)53-19-17-28-7-13-32(14-8-28)71-49(68)54-18-6-22-70-38-16-15-33-39(40(38)69-4)57-48(61-21-20-52-41(33)61)58-45(66)30-25-55-47(50)56-26-30/h7-16,23-27,52,63-64H,5-6,17-22H2,1-4H3,(H,51,67)(H,53,65)(H,54,68)(H2,50,55,56). The highest BCUT2D eigenvalue weighted by molar-refractivity contribution is 5.97. The lowest BCUT2D eigenvalue weighted by Crippen LogP contribution is -2.28. The van der Waals surface area contributed by atoms with E-state index in [2.05, 4.69) is 46.4 Å². The van der Waals surface area contributed by atoms with Gasteiger partial charge in [0.2, 0.25) is 17.4 Å². The fourth-order valence-corrected chi connectivity index (χ4v) is 7.77. The van der Waals surface area contributed by atoms with Gasteiger partial charge in [0.05, 0.1) is 24.8 Å². The zero-order valence-electron chi connectivity index (χ0n) is 39.2. The van der Waals surface area contributed by atoms with Gasteiger partial charge in [0.15, 0.2) is 17.3 Å². The molecule has 71 heavy (non-hydrogen) atoms. The summed E-state index contributed by atoms with van der Waals surface area (Å²) in [5, 5.41) is 42.1. The molecule has 0 unspecified atom stereocenters. The van der Waals surface area contributed by atoms with Gasteiger partial charge in [-0.05, 0) is 91.4 Å². The van der Waals surface area contributed by atoms with Crippen LogP contribution in [-0.4, -0.2) is 108 Å². The van der Waals surface area contributed by atoms with Crippen LogP contribution in [0.25, 0.3) is 28.0 Å². The molecule has 0 bridgehead atoms. The van der Waals surface area contributed by atoms with Crippen LogP contribution in [0.1, 0.15) is 75.6 Å². The first-order valence-electron chi connectivity index (χ1n) is 22.7. The number of fused-ring (bicyclic) bond motifs is 3. The van der Waals surface area contributed by atoms with E-state index in [1.165, 1.54) is 30.1 Å². The Hall–Kier alpha value is -9.08. The summed E-state index contributed by atoms with van der Waals surface area (Å²) >= 11 is 0. The Morgan fingerprint density at radius 1 is 0.887 bits per heavy atom. The van der Waals surface area contributed by atoms with E-state index in [4.69, 9.17) is 24.9 Å². The number of amides is 4. The molecule has 1 aliphatic rings. The number of aromatic hydroxyl groups is 2. The second-order valence-electron chi connectivity index (χ2n) is 16.4. The number of nitrogen functional groups attached to an aromatic ring is 1. The third-order valence-electron chi connectivity index (χ3n) is 11.3. The molecule has 366 valence electrons. The number of benzene rings is 4. The van der Waals surface area contributed by atoms with Crippen LogP contribution in [0, 0.1) is 0 Å². The number of methoxy groups -OCH3 is 1. The Morgan fingerprint density at radius 2 is 1.65 bits per heavy atom. The van der Waals surface area contributed by atoms with Gasteiger partial charge in [0.25, 0.3) is 17.7 Å². The van der Waals surface area contributed by atoms with Crippen molar-refractivity contribution < 1.29 is 43.6 Å². The summed E-state index contributed by atoms with van der Waals surface area (Å²) in [6.07, 6.45) is 2.90. The third kappa shape index (κ3) is 10.8. The van der Waals surface area contributed by atoms with Crippen LogP contribution < -0.4 is 46.8 Å². The predicted molar refractivity (Wildman–Crippen MR) is 260 cm³/mol. The number of nitrogens with zero attached hydrogens (tertiary/aromatic N) is 8. The number of rotatable bonds is 17. The lowest BCUT2D eigenvalue weighted by atomic mass is 9.98. The number of nitrogens with two attached hydrogens (primary N) is 1. The van der Waals surface area contributed by atoms with E-state index in [0.29, 0.717) is 78.6 Å². The number of ether oxygens (including phenoxy) is 3.